The zero-order chi connectivity index (χ0) is 24.3. The number of hydrogen-bond acceptors (Lipinski definition) is 6. The number of alkyl carbamates (subject to hydrolysis) is 1. The van der Waals surface area contributed by atoms with Crippen molar-refractivity contribution in [1.82, 2.24) is 25.4 Å². The first-order valence-electron chi connectivity index (χ1n) is 11.2. The predicted molar refractivity (Wildman–Crippen MR) is 126 cm³/mol. The molecule has 0 aliphatic heterocycles. The molecule has 3 aromatic heterocycles. The lowest BCUT2D eigenvalue weighted by Gasteiger charge is -2.19. The Bertz CT molecular complexity index is 1150. The number of hydrogen-bond donors (Lipinski definition) is 2. The maximum Gasteiger partial charge on any atom is 0.407 e. The van der Waals surface area contributed by atoms with Crippen LogP contribution < -0.4 is 10.6 Å². The molecule has 0 atom stereocenters. The Balaban J connectivity index is 1.77. The largest absolute Gasteiger partial charge is 0.466 e. The zero-order valence-corrected chi connectivity index (χ0v) is 20.4. The summed E-state index contributed by atoms with van der Waals surface area (Å²) in [6.45, 7) is 14.0. The van der Waals surface area contributed by atoms with Gasteiger partial charge < -0.3 is 19.8 Å². The van der Waals surface area contributed by atoms with Gasteiger partial charge in [0.15, 0.2) is 5.65 Å². The highest BCUT2D eigenvalue weighted by atomic mass is 16.6. The van der Waals surface area contributed by atoms with E-state index in [4.69, 9.17) is 14.1 Å². The molecular weight excluding hydrogens is 422 g/mol. The van der Waals surface area contributed by atoms with Gasteiger partial charge in [-0.15, -0.1) is 0 Å². The Hall–Kier alpha value is -3.36. The van der Waals surface area contributed by atoms with Crippen LogP contribution in [0.2, 0.25) is 0 Å². The first-order valence-corrected chi connectivity index (χ1v) is 11.2. The van der Waals surface area contributed by atoms with Gasteiger partial charge in [0.1, 0.15) is 17.1 Å². The molecule has 3 aromatic rings. The number of aromatic nitrogens is 3. The summed E-state index contributed by atoms with van der Waals surface area (Å²) in [6, 6.07) is 3.79. The summed E-state index contributed by atoms with van der Waals surface area (Å²) in [5.74, 6) is 1.31. The molecule has 0 aliphatic rings. The van der Waals surface area contributed by atoms with Gasteiger partial charge in [-0.3, -0.25) is 4.79 Å². The number of aryl methyl sites for hydroxylation is 2. The third-order valence-electron chi connectivity index (χ3n) is 4.92. The number of amides is 2. The molecule has 0 fully saturated rings. The van der Waals surface area contributed by atoms with Crippen molar-refractivity contribution in [3.05, 3.63) is 35.4 Å². The molecule has 0 aromatic carbocycles. The van der Waals surface area contributed by atoms with E-state index in [0.29, 0.717) is 41.8 Å². The fraction of sp³-hybridized carbons (Fsp3) is 0.500. The van der Waals surface area contributed by atoms with Crippen molar-refractivity contribution in [3.8, 4) is 11.3 Å². The van der Waals surface area contributed by atoms with Crippen LogP contribution in [0.5, 0.6) is 0 Å². The van der Waals surface area contributed by atoms with Crippen molar-refractivity contribution in [2.75, 3.05) is 13.1 Å². The van der Waals surface area contributed by atoms with E-state index < -0.39 is 11.7 Å². The molecule has 0 aliphatic carbocycles. The minimum atomic E-state index is -0.547. The minimum Gasteiger partial charge on any atom is -0.466 e. The second kappa shape index (κ2) is 9.64. The third kappa shape index (κ3) is 5.91. The molecule has 3 heterocycles. The highest BCUT2D eigenvalue weighted by Crippen LogP contribution is 2.30. The molecule has 178 valence electrons. The monoisotopic (exact) mass is 455 g/mol. The van der Waals surface area contributed by atoms with Crippen LogP contribution in [0.4, 0.5) is 4.79 Å². The van der Waals surface area contributed by atoms with Crippen LogP contribution in [0.25, 0.3) is 22.3 Å². The topological polar surface area (TPSA) is 111 Å². The molecule has 0 spiro atoms. The van der Waals surface area contributed by atoms with Crippen molar-refractivity contribution in [2.45, 2.75) is 66.5 Å². The summed E-state index contributed by atoms with van der Waals surface area (Å²) < 4.78 is 12.7. The fourth-order valence-electron chi connectivity index (χ4n) is 3.50. The van der Waals surface area contributed by atoms with E-state index in [9.17, 15) is 9.59 Å². The Labute approximate surface area is 193 Å². The van der Waals surface area contributed by atoms with E-state index in [1.165, 1.54) is 0 Å². The summed E-state index contributed by atoms with van der Waals surface area (Å²) in [5.41, 5.74) is 2.12. The zero-order valence-electron chi connectivity index (χ0n) is 20.4. The summed E-state index contributed by atoms with van der Waals surface area (Å²) in [6.07, 6.45) is 1.77. The molecule has 0 radical (unpaired) electrons. The maximum atomic E-state index is 13.1. The van der Waals surface area contributed by atoms with Crippen LogP contribution in [-0.2, 0) is 4.74 Å². The summed E-state index contributed by atoms with van der Waals surface area (Å²) in [4.78, 5) is 29.6. The lowest BCUT2D eigenvalue weighted by molar-refractivity contribution is 0.0527. The highest BCUT2D eigenvalue weighted by molar-refractivity contribution is 6.06. The van der Waals surface area contributed by atoms with Gasteiger partial charge in [0, 0.05) is 24.7 Å². The fourth-order valence-corrected chi connectivity index (χ4v) is 3.50. The smallest absolute Gasteiger partial charge is 0.407 e. The van der Waals surface area contributed by atoms with E-state index >= 15 is 0 Å². The number of pyridine rings is 1. The van der Waals surface area contributed by atoms with Crippen molar-refractivity contribution in [2.24, 2.45) is 0 Å². The van der Waals surface area contributed by atoms with E-state index in [2.05, 4.69) is 15.7 Å². The second-order valence-electron chi connectivity index (χ2n) is 9.34. The number of carbonyl (C=O) groups is 2. The van der Waals surface area contributed by atoms with Crippen molar-refractivity contribution in [3.63, 3.8) is 0 Å². The third-order valence-corrected chi connectivity index (χ3v) is 4.92. The number of rotatable bonds is 7. The number of nitrogens with zero attached hydrogens (tertiary/aromatic N) is 3. The lowest BCUT2D eigenvalue weighted by Crippen LogP contribution is -2.34. The van der Waals surface area contributed by atoms with Gasteiger partial charge in [0.25, 0.3) is 5.91 Å². The van der Waals surface area contributed by atoms with Gasteiger partial charge in [0.05, 0.1) is 22.8 Å². The summed E-state index contributed by atoms with van der Waals surface area (Å²) in [7, 11) is 0. The Kier molecular flexibility index (Phi) is 7.09. The molecule has 9 heteroatoms. The van der Waals surface area contributed by atoms with Crippen molar-refractivity contribution in [1.29, 1.82) is 0 Å². The van der Waals surface area contributed by atoms with E-state index in [-0.39, 0.29) is 11.9 Å². The van der Waals surface area contributed by atoms with Crippen LogP contribution in [0.3, 0.4) is 0 Å². The molecule has 2 N–H and O–H groups in total. The number of furan rings is 1. The second-order valence-corrected chi connectivity index (χ2v) is 9.34. The van der Waals surface area contributed by atoms with Gasteiger partial charge >= 0.3 is 6.09 Å². The van der Waals surface area contributed by atoms with Crippen molar-refractivity contribution < 1.29 is 18.7 Å². The number of ether oxygens (including phenoxy) is 1. The average molecular weight is 456 g/mol. The van der Waals surface area contributed by atoms with Crippen LogP contribution >= 0.6 is 0 Å². The molecule has 2 amide bonds. The van der Waals surface area contributed by atoms with Gasteiger partial charge in [-0.1, -0.05) is 0 Å². The SMILES string of the molecule is Cc1cc(-c2cc(C(=O)NCCCNC(=O)OC(C)(C)C)c3cnn(C(C)C)c3n2)c(C)o1. The predicted octanol–water partition coefficient (Wildman–Crippen LogP) is 4.53. The number of carbonyl (C=O) groups excluding carboxylic acids is 2. The van der Waals surface area contributed by atoms with Crippen molar-refractivity contribution >= 4 is 23.0 Å². The van der Waals surface area contributed by atoms with E-state index in [0.717, 1.165) is 17.1 Å². The molecule has 3 rings (SSSR count). The first-order chi connectivity index (χ1) is 15.5. The van der Waals surface area contributed by atoms with Gasteiger partial charge in [-0.25, -0.2) is 14.5 Å². The number of fused-ring (bicyclic) bond motifs is 1. The van der Waals surface area contributed by atoms with E-state index in [1.807, 2.05) is 59.2 Å². The van der Waals surface area contributed by atoms with Gasteiger partial charge in [0.2, 0.25) is 0 Å². The first kappa shape index (κ1) is 24.3. The van der Waals surface area contributed by atoms with Crippen LogP contribution in [0.15, 0.2) is 22.7 Å². The Morgan fingerprint density at radius 3 is 2.45 bits per heavy atom. The lowest BCUT2D eigenvalue weighted by atomic mass is 10.1. The Morgan fingerprint density at radius 2 is 1.85 bits per heavy atom. The van der Waals surface area contributed by atoms with Crippen LogP contribution in [0.1, 0.15) is 69.0 Å². The van der Waals surface area contributed by atoms with Crippen LogP contribution in [0, 0.1) is 13.8 Å². The molecule has 0 unspecified atom stereocenters. The highest BCUT2D eigenvalue weighted by Gasteiger charge is 2.20. The Morgan fingerprint density at radius 1 is 1.15 bits per heavy atom. The average Bonchev–Trinajstić information content (AvgIpc) is 3.27. The van der Waals surface area contributed by atoms with Gasteiger partial charge in [-0.2, -0.15) is 5.10 Å². The number of nitrogens with one attached hydrogen (secondary N) is 2. The van der Waals surface area contributed by atoms with Gasteiger partial charge in [-0.05, 0) is 67.0 Å². The molecule has 9 nitrogen and oxygen atoms in total. The van der Waals surface area contributed by atoms with E-state index in [1.54, 1.807) is 12.3 Å². The van der Waals surface area contributed by atoms with Crippen LogP contribution in [-0.4, -0.2) is 45.5 Å². The standard InChI is InChI=1S/C24H33N5O4/c1-14(2)29-21-19(13-27-29)18(12-20(28-21)17-11-15(3)32-16(17)4)22(30)25-9-8-10-26-23(31)33-24(5,6)7/h11-14H,8-10H2,1-7H3,(H,25,30)(H,26,31). The molecular formula is C24H33N5O4. The molecule has 0 saturated carbocycles. The summed E-state index contributed by atoms with van der Waals surface area (Å²) in [5, 5.41) is 10.8. The maximum absolute atomic E-state index is 13.1. The molecule has 0 saturated heterocycles. The minimum absolute atomic E-state index is 0.0901. The quantitative estimate of drug-likeness (QED) is 0.506. The normalized spacial score (nSPS) is 11.8. The molecule has 0 bridgehead atoms. The summed E-state index contributed by atoms with van der Waals surface area (Å²) >= 11 is 0. The molecule has 33 heavy (non-hydrogen) atoms.